The summed E-state index contributed by atoms with van der Waals surface area (Å²) in [6.45, 7) is 0. The van der Waals surface area contributed by atoms with Crippen LogP contribution in [0.1, 0.15) is 16.8 Å². The van der Waals surface area contributed by atoms with Gasteiger partial charge in [0.2, 0.25) is 5.91 Å². The predicted octanol–water partition coefficient (Wildman–Crippen LogP) is 3.40. The summed E-state index contributed by atoms with van der Waals surface area (Å²) in [5.41, 5.74) is 1.09. The fraction of sp³-hybridized carbons (Fsp3) is 0.316. The first-order valence-corrected chi connectivity index (χ1v) is 10.6. The van der Waals surface area contributed by atoms with Crippen molar-refractivity contribution in [1.82, 2.24) is 10.3 Å². The lowest BCUT2D eigenvalue weighted by Gasteiger charge is -2.19. The molecule has 2 N–H and O–H groups in total. The monoisotopic (exact) mass is 450 g/mol. The van der Waals surface area contributed by atoms with E-state index in [0.717, 1.165) is 11.6 Å². The van der Waals surface area contributed by atoms with Crippen LogP contribution in [0.15, 0.2) is 47.1 Å². The van der Waals surface area contributed by atoms with Gasteiger partial charge in [0.15, 0.2) is 0 Å². The number of carbonyl (C=O) groups is 2. The number of benzene rings is 1. The zero-order valence-corrected chi connectivity index (χ0v) is 17.9. The van der Waals surface area contributed by atoms with Gasteiger partial charge in [-0.3, -0.25) is 9.59 Å². The molecule has 8 heteroatoms. The molecular weight excluding hydrogens is 428 g/mol. The van der Waals surface area contributed by atoms with E-state index in [-0.39, 0.29) is 11.8 Å². The second kappa shape index (κ2) is 10.3. The van der Waals surface area contributed by atoms with Crippen molar-refractivity contribution >= 4 is 51.0 Å². The number of hydrogen-bond donors (Lipinski definition) is 2. The Balaban J connectivity index is 2.08. The molecule has 1 unspecified atom stereocenters. The van der Waals surface area contributed by atoms with Crippen molar-refractivity contribution < 1.29 is 9.59 Å². The van der Waals surface area contributed by atoms with Crippen LogP contribution in [0, 0.1) is 0 Å². The molecule has 1 aromatic carbocycles. The van der Waals surface area contributed by atoms with Crippen LogP contribution in [0.5, 0.6) is 0 Å². The Morgan fingerprint density at radius 2 is 1.96 bits per heavy atom. The topological polar surface area (TPSA) is 74.3 Å². The molecule has 1 heterocycles. The van der Waals surface area contributed by atoms with Crippen molar-refractivity contribution in [3.63, 3.8) is 0 Å². The Hall–Kier alpha value is -2.06. The molecule has 1 atom stereocenters. The van der Waals surface area contributed by atoms with Gasteiger partial charge >= 0.3 is 0 Å². The van der Waals surface area contributed by atoms with E-state index in [9.17, 15) is 9.59 Å². The van der Waals surface area contributed by atoms with E-state index in [1.807, 2.05) is 37.4 Å². The third-order valence-electron chi connectivity index (χ3n) is 3.82. The van der Waals surface area contributed by atoms with E-state index in [1.54, 1.807) is 42.2 Å². The molecule has 0 aliphatic rings. The minimum Gasteiger partial charge on any atom is -0.363 e. The quantitative estimate of drug-likeness (QED) is 0.644. The van der Waals surface area contributed by atoms with Gasteiger partial charge in [-0.2, -0.15) is 11.8 Å². The molecule has 27 heavy (non-hydrogen) atoms. The van der Waals surface area contributed by atoms with Crippen LogP contribution in [0.2, 0.25) is 0 Å². The van der Waals surface area contributed by atoms with Gasteiger partial charge in [0.05, 0.1) is 17.4 Å². The lowest BCUT2D eigenvalue weighted by atomic mass is 10.1. The third kappa shape index (κ3) is 6.25. The first-order valence-electron chi connectivity index (χ1n) is 8.41. The largest absolute Gasteiger partial charge is 0.363 e. The lowest BCUT2D eigenvalue weighted by Crippen LogP contribution is -2.44. The van der Waals surface area contributed by atoms with Gasteiger partial charge in [-0.25, -0.2) is 4.98 Å². The molecule has 0 spiro atoms. The van der Waals surface area contributed by atoms with Gasteiger partial charge in [0, 0.05) is 18.6 Å². The zero-order valence-electron chi connectivity index (χ0n) is 15.5. The van der Waals surface area contributed by atoms with Gasteiger partial charge in [0.1, 0.15) is 11.9 Å². The molecular formula is C19H23BrN4O2S. The fourth-order valence-electron chi connectivity index (χ4n) is 2.34. The number of rotatable bonds is 8. The molecule has 2 aromatic rings. The summed E-state index contributed by atoms with van der Waals surface area (Å²) in [6, 6.07) is 10.1. The highest BCUT2D eigenvalue weighted by Gasteiger charge is 2.22. The molecule has 0 bridgehead atoms. The van der Waals surface area contributed by atoms with Crippen molar-refractivity contribution in [3.8, 4) is 0 Å². The average molecular weight is 451 g/mol. The number of aromatic nitrogens is 1. The maximum atomic E-state index is 12.7. The first kappa shape index (κ1) is 21.2. The predicted molar refractivity (Wildman–Crippen MR) is 116 cm³/mol. The van der Waals surface area contributed by atoms with Crippen molar-refractivity contribution in [2.24, 2.45) is 0 Å². The Labute approximate surface area is 172 Å². The summed E-state index contributed by atoms with van der Waals surface area (Å²) in [4.78, 5) is 31.4. The highest BCUT2D eigenvalue weighted by atomic mass is 79.9. The van der Waals surface area contributed by atoms with E-state index >= 15 is 0 Å². The van der Waals surface area contributed by atoms with Crippen molar-refractivity contribution in [2.75, 3.05) is 36.3 Å². The molecule has 0 radical (unpaired) electrons. The van der Waals surface area contributed by atoms with E-state index in [4.69, 9.17) is 0 Å². The molecule has 0 aliphatic carbocycles. The van der Waals surface area contributed by atoms with Crippen LogP contribution >= 0.6 is 27.7 Å². The zero-order chi connectivity index (χ0) is 19.8. The molecule has 0 fully saturated rings. The summed E-state index contributed by atoms with van der Waals surface area (Å²) in [5.74, 6) is 1.01. The SMILES string of the molecule is CSCCC(NC(=O)c1ccccc1Br)C(=O)Nc1ccc(N(C)C)nc1. The summed E-state index contributed by atoms with van der Waals surface area (Å²) >= 11 is 5.00. The minimum absolute atomic E-state index is 0.260. The number of hydrogen-bond acceptors (Lipinski definition) is 5. The minimum atomic E-state index is -0.634. The van der Waals surface area contributed by atoms with Gasteiger partial charge < -0.3 is 15.5 Å². The molecule has 144 valence electrons. The number of halogens is 1. The summed E-state index contributed by atoms with van der Waals surface area (Å²) in [5, 5.41) is 5.67. The number of pyridine rings is 1. The maximum Gasteiger partial charge on any atom is 0.253 e. The molecule has 0 aliphatic heterocycles. The number of nitrogens with zero attached hydrogens (tertiary/aromatic N) is 2. The van der Waals surface area contributed by atoms with Crippen LogP contribution in [0.3, 0.4) is 0 Å². The van der Waals surface area contributed by atoms with Crippen LogP contribution in [-0.4, -0.2) is 48.9 Å². The molecule has 0 saturated heterocycles. The summed E-state index contributed by atoms with van der Waals surface area (Å²) in [6.07, 6.45) is 4.11. The highest BCUT2D eigenvalue weighted by molar-refractivity contribution is 9.10. The van der Waals surface area contributed by atoms with Gasteiger partial charge in [-0.15, -0.1) is 0 Å². The molecule has 2 amide bonds. The van der Waals surface area contributed by atoms with E-state index in [0.29, 0.717) is 22.1 Å². The number of amides is 2. The summed E-state index contributed by atoms with van der Waals surface area (Å²) in [7, 11) is 3.80. The fourth-order valence-corrected chi connectivity index (χ4v) is 3.28. The highest BCUT2D eigenvalue weighted by Crippen LogP contribution is 2.17. The third-order valence-corrected chi connectivity index (χ3v) is 5.16. The second-order valence-corrected chi connectivity index (χ2v) is 7.92. The number of carbonyl (C=O) groups excluding carboxylic acids is 2. The van der Waals surface area contributed by atoms with Crippen molar-refractivity contribution in [1.29, 1.82) is 0 Å². The molecule has 0 saturated carbocycles. The maximum absolute atomic E-state index is 12.7. The van der Waals surface area contributed by atoms with Gasteiger partial charge in [-0.1, -0.05) is 12.1 Å². The van der Waals surface area contributed by atoms with E-state index in [2.05, 4.69) is 31.5 Å². The molecule has 2 rings (SSSR count). The Morgan fingerprint density at radius 3 is 2.56 bits per heavy atom. The standard InChI is InChI=1S/C19H23BrN4O2S/c1-24(2)17-9-8-13(12-21-17)22-19(26)16(10-11-27-3)23-18(25)14-6-4-5-7-15(14)20/h4-9,12,16H,10-11H2,1-3H3,(H,22,26)(H,23,25). The number of anilines is 2. The van der Waals surface area contributed by atoms with Crippen LogP contribution < -0.4 is 15.5 Å². The van der Waals surface area contributed by atoms with Crippen LogP contribution in [0.25, 0.3) is 0 Å². The smallest absolute Gasteiger partial charge is 0.253 e. The van der Waals surface area contributed by atoms with Gasteiger partial charge in [0.25, 0.3) is 5.91 Å². The van der Waals surface area contributed by atoms with Crippen LogP contribution in [0.4, 0.5) is 11.5 Å². The molecule has 1 aromatic heterocycles. The Kier molecular flexibility index (Phi) is 8.12. The Morgan fingerprint density at radius 1 is 1.22 bits per heavy atom. The first-order chi connectivity index (χ1) is 12.9. The van der Waals surface area contributed by atoms with E-state index in [1.165, 1.54) is 0 Å². The summed E-state index contributed by atoms with van der Waals surface area (Å²) < 4.78 is 0.690. The number of nitrogens with one attached hydrogen (secondary N) is 2. The normalized spacial score (nSPS) is 11.6. The number of thioether (sulfide) groups is 1. The van der Waals surface area contributed by atoms with Gasteiger partial charge in [-0.05, 0) is 58.6 Å². The van der Waals surface area contributed by atoms with Crippen LogP contribution in [-0.2, 0) is 4.79 Å². The van der Waals surface area contributed by atoms with Crippen molar-refractivity contribution in [2.45, 2.75) is 12.5 Å². The Bertz CT molecular complexity index is 784. The second-order valence-electron chi connectivity index (χ2n) is 6.08. The lowest BCUT2D eigenvalue weighted by molar-refractivity contribution is -0.118. The average Bonchev–Trinajstić information content (AvgIpc) is 2.65. The van der Waals surface area contributed by atoms with E-state index < -0.39 is 6.04 Å². The molecule has 6 nitrogen and oxygen atoms in total. The van der Waals surface area contributed by atoms with Crippen molar-refractivity contribution in [3.05, 3.63) is 52.6 Å².